The van der Waals surface area contributed by atoms with Crippen molar-refractivity contribution in [2.75, 3.05) is 11.1 Å². The second-order valence-electron chi connectivity index (χ2n) is 5.36. The first-order valence-corrected chi connectivity index (χ1v) is 8.52. The van der Waals surface area contributed by atoms with E-state index in [0.717, 1.165) is 23.2 Å². The molecule has 3 rings (SSSR count). The van der Waals surface area contributed by atoms with Gasteiger partial charge in [0.05, 0.1) is 27.4 Å². The number of nitrogens with zero attached hydrogens (tertiary/aromatic N) is 3. The molecule has 3 aromatic rings. The van der Waals surface area contributed by atoms with E-state index in [1.165, 1.54) is 17.8 Å². The lowest BCUT2D eigenvalue weighted by atomic mass is 10.2. The number of hydrogen-bond donors (Lipinski definition) is 1. The van der Waals surface area contributed by atoms with Crippen molar-refractivity contribution in [1.29, 1.82) is 0 Å². The number of benzene rings is 2. The van der Waals surface area contributed by atoms with Crippen LogP contribution < -0.4 is 5.32 Å². The monoisotopic (exact) mass is 372 g/mol. The molecule has 1 aromatic heterocycles. The van der Waals surface area contributed by atoms with Crippen LogP contribution in [0.15, 0.2) is 47.5 Å². The normalized spacial score (nSPS) is 10.7. The summed E-state index contributed by atoms with van der Waals surface area (Å²) in [6.45, 7) is 1.81. The van der Waals surface area contributed by atoms with Crippen molar-refractivity contribution in [3.8, 4) is 0 Å². The Hall–Kier alpha value is -3.07. The quantitative estimate of drug-likeness (QED) is 0.416. The number of halogens is 1. The maximum atomic E-state index is 13.3. The zero-order chi connectivity index (χ0) is 18.7. The van der Waals surface area contributed by atoms with Crippen molar-refractivity contribution < 1.29 is 14.1 Å². The summed E-state index contributed by atoms with van der Waals surface area (Å²) in [5.41, 5.74) is 1.68. The van der Waals surface area contributed by atoms with Crippen LogP contribution in [0.2, 0.25) is 0 Å². The van der Waals surface area contributed by atoms with Crippen molar-refractivity contribution in [2.45, 2.75) is 11.9 Å². The predicted octanol–water partition coefficient (Wildman–Crippen LogP) is 3.72. The molecular formula is C17H13FN4O3S. The molecular weight excluding hydrogens is 359 g/mol. The van der Waals surface area contributed by atoms with Gasteiger partial charge in [0.1, 0.15) is 5.03 Å². The van der Waals surface area contributed by atoms with Gasteiger partial charge >= 0.3 is 5.69 Å². The van der Waals surface area contributed by atoms with Crippen molar-refractivity contribution >= 4 is 40.1 Å². The third-order valence-electron chi connectivity index (χ3n) is 3.47. The molecule has 0 atom stereocenters. The molecule has 0 unspecified atom stereocenters. The predicted molar refractivity (Wildman–Crippen MR) is 96.7 cm³/mol. The summed E-state index contributed by atoms with van der Waals surface area (Å²) in [5.74, 6) is -1.30. The molecule has 0 radical (unpaired) electrons. The average Bonchev–Trinajstić information content (AvgIpc) is 2.61. The molecule has 7 nitrogen and oxygen atoms in total. The maximum absolute atomic E-state index is 13.3. The lowest BCUT2D eigenvalue weighted by Gasteiger charge is -2.07. The van der Waals surface area contributed by atoms with Crippen LogP contribution in [0.4, 0.5) is 15.8 Å². The Morgan fingerprint density at radius 2 is 1.92 bits per heavy atom. The fourth-order valence-electron chi connectivity index (χ4n) is 2.27. The second-order valence-corrected chi connectivity index (χ2v) is 6.33. The topological polar surface area (TPSA) is 98.0 Å². The first kappa shape index (κ1) is 17.7. The highest BCUT2D eigenvalue weighted by Crippen LogP contribution is 2.24. The molecule has 0 saturated heterocycles. The fourth-order valence-corrected chi connectivity index (χ4v) is 3.03. The van der Waals surface area contributed by atoms with E-state index < -0.39 is 16.4 Å². The SMILES string of the molecule is Cc1nc2ccccc2nc1SCC(=O)Nc1ccc(F)c([N+](=O)[O-])c1. The van der Waals surface area contributed by atoms with Gasteiger partial charge in [0.15, 0.2) is 0 Å². The number of nitrogens with one attached hydrogen (secondary N) is 1. The summed E-state index contributed by atoms with van der Waals surface area (Å²) < 4.78 is 13.3. The standard InChI is InChI=1S/C17H13FN4O3S/c1-10-17(21-14-5-3-2-4-13(14)19-10)26-9-16(23)20-11-6-7-12(18)15(8-11)22(24)25/h2-8H,9H2,1H3,(H,20,23). The van der Waals surface area contributed by atoms with Gasteiger partial charge < -0.3 is 5.32 Å². The Morgan fingerprint density at radius 3 is 2.62 bits per heavy atom. The number of hydrogen-bond acceptors (Lipinski definition) is 6. The van der Waals surface area contributed by atoms with Crippen LogP contribution in [0, 0.1) is 22.9 Å². The number of thioether (sulfide) groups is 1. The summed E-state index contributed by atoms with van der Waals surface area (Å²) in [6, 6.07) is 10.6. The minimum absolute atomic E-state index is 0.0407. The van der Waals surface area contributed by atoms with E-state index in [0.29, 0.717) is 10.7 Å². The molecule has 132 valence electrons. The summed E-state index contributed by atoms with van der Waals surface area (Å²) in [5, 5.41) is 13.9. The number of nitro groups is 1. The van der Waals surface area contributed by atoms with E-state index >= 15 is 0 Å². The number of amides is 1. The highest BCUT2D eigenvalue weighted by atomic mass is 32.2. The molecule has 0 bridgehead atoms. The molecule has 2 aromatic carbocycles. The number of aryl methyl sites for hydroxylation is 1. The number of para-hydroxylation sites is 2. The van der Waals surface area contributed by atoms with E-state index in [1.807, 2.05) is 31.2 Å². The van der Waals surface area contributed by atoms with Crippen LogP contribution >= 0.6 is 11.8 Å². The Balaban J connectivity index is 1.69. The Bertz CT molecular complexity index is 1010. The number of fused-ring (bicyclic) bond motifs is 1. The Labute approximate surface area is 151 Å². The number of nitro benzene ring substituents is 1. The smallest absolute Gasteiger partial charge is 0.306 e. The molecule has 1 N–H and O–H groups in total. The number of rotatable bonds is 5. The van der Waals surface area contributed by atoms with Crippen molar-refractivity contribution in [3.63, 3.8) is 0 Å². The summed E-state index contributed by atoms with van der Waals surface area (Å²) in [4.78, 5) is 30.9. The average molecular weight is 372 g/mol. The first-order valence-electron chi connectivity index (χ1n) is 7.54. The zero-order valence-corrected chi connectivity index (χ0v) is 14.4. The van der Waals surface area contributed by atoms with Gasteiger partial charge in [-0.05, 0) is 31.2 Å². The zero-order valence-electron chi connectivity index (χ0n) is 13.6. The van der Waals surface area contributed by atoms with E-state index in [9.17, 15) is 19.3 Å². The molecule has 1 amide bonds. The Kier molecular flexibility index (Phi) is 5.08. The molecule has 0 aliphatic heterocycles. The van der Waals surface area contributed by atoms with Gasteiger partial charge in [-0.2, -0.15) is 4.39 Å². The fraction of sp³-hybridized carbons (Fsp3) is 0.118. The van der Waals surface area contributed by atoms with Gasteiger partial charge in [-0.1, -0.05) is 23.9 Å². The highest BCUT2D eigenvalue weighted by molar-refractivity contribution is 8.00. The van der Waals surface area contributed by atoms with Crippen LogP contribution in [-0.2, 0) is 4.79 Å². The van der Waals surface area contributed by atoms with Crippen LogP contribution in [0.3, 0.4) is 0 Å². The molecule has 0 fully saturated rings. The molecule has 0 aliphatic rings. The Morgan fingerprint density at radius 1 is 1.23 bits per heavy atom. The van der Waals surface area contributed by atoms with Gasteiger partial charge in [-0.3, -0.25) is 14.9 Å². The number of carbonyl (C=O) groups excluding carboxylic acids is 1. The lowest BCUT2D eigenvalue weighted by Crippen LogP contribution is -2.14. The molecule has 0 saturated carbocycles. The largest absolute Gasteiger partial charge is 0.325 e. The van der Waals surface area contributed by atoms with Gasteiger partial charge in [0, 0.05) is 11.8 Å². The van der Waals surface area contributed by atoms with Gasteiger partial charge in [0.25, 0.3) is 0 Å². The van der Waals surface area contributed by atoms with Gasteiger partial charge in [0.2, 0.25) is 11.7 Å². The second kappa shape index (κ2) is 7.44. The van der Waals surface area contributed by atoms with Crippen LogP contribution in [0.5, 0.6) is 0 Å². The van der Waals surface area contributed by atoms with E-state index in [-0.39, 0.29) is 17.3 Å². The molecule has 1 heterocycles. The number of anilines is 1. The van der Waals surface area contributed by atoms with Crippen LogP contribution in [0.25, 0.3) is 11.0 Å². The minimum atomic E-state index is -0.954. The maximum Gasteiger partial charge on any atom is 0.306 e. The number of aromatic nitrogens is 2. The molecule has 0 aliphatic carbocycles. The van der Waals surface area contributed by atoms with Crippen LogP contribution in [-0.4, -0.2) is 26.6 Å². The summed E-state index contributed by atoms with van der Waals surface area (Å²) in [6.07, 6.45) is 0. The minimum Gasteiger partial charge on any atom is -0.325 e. The number of carbonyl (C=O) groups is 1. The van der Waals surface area contributed by atoms with E-state index in [1.54, 1.807) is 0 Å². The molecule has 0 spiro atoms. The third kappa shape index (κ3) is 3.94. The first-order chi connectivity index (χ1) is 12.4. The lowest BCUT2D eigenvalue weighted by molar-refractivity contribution is -0.387. The van der Waals surface area contributed by atoms with Gasteiger partial charge in [-0.15, -0.1) is 0 Å². The van der Waals surface area contributed by atoms with Crippen molar-refractivity contribution in [1.82, 2.24) is 9.97 Å². The van der Waals surface area contributed by atoms with E-state index in [4.69, 9.17) is 0 Å². The third-order valence-corrected chi connectivity index (χ3v) is 4.53. The summed E-state index contributed by atoms with van der Waals surface area (Å²) >= 11 is 1.21. The van der Waals surface area contributed by atoms with E-state index in [2.05, 4.69) is 15.3 Å². The summed E-state index contributed by atoms with van der Waals surface area (Å²) in [7, 11) is 0. The molecule has 26 heavy (non-hydrogen) atoms. The van der Waals surface area contributed by atoms with Crippen LogP contribution in [0.1, 0.15) is 5.69 Å². The molecule has 9 heteroatoms. The van der Waals surface area contributed by atoms with Gasteiger partial charge in [-0.25, -0.2) is 9.97 Å². The van der Waals surface area contributed by atoms with Crippen molar-refractivity contribution in [3.05, 3.63) is 64.1 Å². The van der Waals surface area contributed by atoms with Crippen molar-refractivity contribution in [2.24, 2.45) is 0 Å². The highest BCUT2D eigenvalue weighted by Gasteiger charge is 2.16.